The average molecular weight is 257 g/mol. The van der Waals surface area contributed by atoms with Crippen molar-refractivity contribution in [3.05, 3.63) is 40.7 Å². The molecule has 3 rings (SSSR count). The van der Waals surface area contributed by atoms with E-state index in [9.17, 15) is 4.79 Å². The summed E-state index contributed by atoms with van der Waals surface area (Å²) in [5.41, 5.74) is 2.91. The fourth-order valence-corrected chi connectivity index (χ4v) is 2.72. The van der Waals surface area contributed by atoms with Gasteiger partial charge in [-0.2, -0.15) is 0 Å². The second kappa shape index (κ2) is 5.34. The van der Waals surface area contributed by atoms with Crippen molar-refractivity contribution in [2.45, 2.75) is 38.1 Å². The first-order valence-electron chi connectivity index (χ1n) is 6.96. The number of benzene rings is 1. The Morgan fingerprint density at radius 2 is 1.74 bits per heavy atom. The number of anilines is 1. The van der Waals surface area contributed by atoms with E-state index in [2.05, 4.69) is 27.6 Å². The summed E-state index contributed by atoms with van der Waals surface area (Å²) in [5.74, 6) is 0. The van der Waals surface area contributed by atoms with Gasteiger partial charge >= 0.3 is 0 Å². The zero-order chi connectivity index (χ0) is 13.1. The van der Waals surface area contributed by atoms with Gasteiger partial charge in [0, 0.05) is 17.8 Å². The number of H-pyrrole nitrogens is 2. The van der Waals surface area contributed by atoms with Crippen molar-refractivity contribution < 1.29 is 0 Å². The van der Waals surface area contributed by atoms with Gasteiger partial charge in [-0.15, -0.1) is 0 Å². The van der Waals surface area contributed by atoms with Crippen molar-refractivity contribution in [1.82, 2.24) is 10.2 Å². The largest absolute Gasteiger partial charge is 0.382 e. The molecule has 0 radical (unpaired) electrons. The van der Waals surface area contributed by atoms with Crippen LogP contribution in [0, 0.1) is 0 Å². The summed E-state index contributed by atoms with van der Waals surface area (Å²) < 4.78 is 0. The highest BCUT2D eigenvalue weighted by Gasteiger charge is 2.12. The normalized spacial score (nSPS) is 16.4. The van der Waals surface area contributed by atoms with Gasteiger partial charge in [0.05, 0.1) is 5.69 Å². The zero-order valence-corrected chi connectivity index (χ0v) is 10.9. The predicted octanol–water partition coefficient (Wildman–Crippen LogP) is 3.11. The van der Waals surface area contributed by atoms with Crippen LogP contribution in [0.2, 0.25) is 0 Å². The van der Waals surface area contributed by atoms with E-state index in [1.165, 1.54) is 32.1 Å². The average Bonchev–Trinajstić information content (AvgIpc) is 2.87. The zero-order valence-electron chi connectivity index (χ0n) is 10.9. The molecule has 1 aliphatic carbocycles. The lowest BCUT2D eigenvalue weighted by Crippen LogP contribution is -2.22. The lowest BCUT2D eigenvalue weighted by molar-refractivity contribution is 0.463. The molecular formula is C15H19N3O. The molecule has 1 aromatic carbocycles. The van der Waals surface area contributed by atoms with Gasteiger partial charge in [-0.3, -0.25) is 15.0 Å². The van der Waals surface area contributed by atoms with Gasteiger partial charge in [0.1, 0.15) is 0 Å². The molecule has 0 spiro atoms. The van der Waals surface area contributed by atoms with Crippen molar-refractivity contribution >= 4 is 5.69 Å². The summed E-state index contributed by atoms with van der Waals surface area (Å²) >= 11 is 0. The van der Waals surface area contributed by atoms with Gasteiger partial charge in [0.2, 0.25) is 0 Å². The van der Waals surface area contributed by atoms with Crippen LogP contribution in [0.15, 0.2) is 35.1 Å². The highest BCUT2D eigenvalue weighted by atomic mass is 16.1. The Morgan fingerprint density at radius 3 is 2.37 bits per heavy atom. The van der Waals surface area contributed by atoms with Crippen LogP contribution < -0.4 is 10.9 Å². The molecule has 1 aliphatic rings. The molecule has 1 aromatic heterocycles. The van der Waals surface area contributed by atoms with Crippen LogP contribution >= 0.6 is 0 Å². The quantitative estimate of drug-likeness (QED) is 0.791. The Kier molecular flexibility index (Phi) is 3.40. The predicted molar refractivity (Wildman–Crippen MR) is 77.3 cm³/mol. The number of rotatable bonds is 3. The van der Waals surface area contributed by atoms with E-state index in [4.69, 9.17) is 0 Å². The molecule has 0 unspecified atom stereocenters. The number of aromatic nitrogens is 2. The summed E-state index contributed by atoms with van der Waals surface area (Å²) in [6.45, 7) is 0. The number of hydrogen-bond acceptors (Lipinski definition) is 2. The van der Waals surface area contributed by atoms with E-state index < -0.39 is 0 Å². The van der Waals surface area contributed by atoms with Crippen molar-refractivity contribution in [3.63, 3.8) is 0 Å². The maximum atomic E-state index is 11.1. The van der Waals surface area contributed by atoms with Crippen LogP contribution in [0.3, 0.4) is 0 Å². The number of nitrogens with one attached hydrogen (secondary N) is 3. The molecule has 2 aromatic rings. The first kappa shape index (κ1) is 12.1. The molecule has 3 N–H and O–H groups in total. The molecule has 0 amide bonds. The molecule has 1 heterocycles. The smallest absolute Gasteiger partial charge is 0.264 e. The summed E-state index contributed by atoms with van der Waals surface area (Å²) in [6.07, 6.45) is 6.58. The van der Waals surface area contributed by atoms with Crippen molar-refractivity contribution in [2.75, 3.05) is 5.32 Å². The van der Waals surface area contributed by atoms with E-state index in [-0.39, 0.29) is 5.56 Å². The first-order valence-corrected chi connectivity index (χ1v) is 6.96. The van der Waals surface area contributed by atoms with Gasteiger partial charge in [-0.05, 0) is 30.5 Å². The van der Waals surface area contributed by atoms with Gasteiger partial charge in [-0.25, -0.2) is 0 Å². The Labute approximate surface area is 112 Å². The fourth-order valence-electron chi connectivity index (χ4n) is 2.72. The van der Waals surface area contributed by atoms with Crippen LogP contribution in [-0.4, -0.2) is 16.2 Å². The third kappa shape index (κ3) is 2.89. The molecule has 1 fully saturated rings. The topological polar surface area (TPSA) is 60.7 Å². The maximum Gasteiger partial charge on any atom is 0.264 e. The Balaban J connectivity index is 1.70. The van der Waals surface area contributed by atoms with Crippen LogP contribution in [-0.2, 0) is 0 Å². The maximum absolute atomic E-state index is 11.1. The molecule has 0 bridgehead atoms. The third-order valence-corrected chi connectivity index (χ3v) is 3.77. The molecule has 19 heavy (non-hydrogen) atoms. The summed E-state index contributed by atoms with van der Waals surface area (Å²) in [6, 6.07) is 10.4. The van der Waals surface area contributed by atoms with Crippen LogP contribution in [0.4, 0.5) is 5.69 Å². The second-order valence-electron chi connectivity index (χ2n) is 5.23. The minimum absolute atomic E-state index is 0.0978. The summed E-state index contributed by atoms with van der Waals surface area (Å²) in [4.78, 5) is 11.1. The van der Waals surface area contributed by atoms with Gasteiger partial charge in [-0.1, -0.05) is 31.4 Å². The lowest BCUT2D eigenvalue weighted by atomic mass is 9.95. The van der Waals surface area contributed by atoms with Gasteiger partial charge < -0.3 is 5.32 Å². The van der Waals surface area contributed by atoms with E-state index in [0.717, 1.165) is 16.9 Å². The third-order valence-electron chi connectivity index (χ3n) is 3.77. The fraction of sp³-hybridized carbons (Fsp3) is 0.400. The minimum Gasteiger partial charge on any atom is -0.382 e. The molecular weight excluding hydrogens is 238 g/mol. The molecule has 100 valence electrons. The summed E-state index contributed by atoms with van der Waals surface area (Å²) in [5, 5.41) is 9.00. The molecule has 4 heteroatoms. The summed E-state index contributed by atoms with van der Waals surface area (Å²) in [7, 11) is 0. The Hall–Kier alpha value is -1.97. The highest BCUT2D eigenvalue weighted by Crippen LogP contribution is 2.23. The lowest BCUT2D eigenvalue weighted by Gasteiger charge is -2.23. The standard InChI is InChI=1S/C15H19N3O/c19-15-10-14(17-18-15)11-6-8-13(9-7-11)16-12-4-2-1-3-5-12/h6-10,12,16H,1-5H2,(H2,17,18,19). The van der Waals surface area contributed by atoms with E-state index in [1.54, 1.807) is 6.07 Å². The monoisotopic (exact) mass is 257 g/mol. The highest BCUT2D eigenvalue weighted by molar-refractivity contribution is 5.62. The molecule has 0 aliphatic heterocycles. The SMILES string of the molecule is O=c1cc(-c2ccc(NC3CCCCC3)cc2)[nH][nH]1. The number of hydrogen-bond donors (Lipinski definition) is 3. The van der Waals surface area contributed by atoms with Crippen molar-refractivity contribution in [3.8, 4) is 11.3 Å². The Bertz CT molecular complexity index is 576. The number of aromatic amines is 2. The van der Waals surface area contributed by atoms with E-state index in [0.29, 0.717) is 6.04 Å². The van der Waals surface area contributed by atoms with Gasteiger partial charge in [0.25, 0.3) is 5.56 Å². The molecule has 0 atom stereocenters. The van der Waals surface area contributed by atoms with Crippen LogP contribution in [0.5, 0.6) is 0 Å². The minimum atomic E-state index is -0.0978. The molecule has 1 saturated carbocycles. The van der Waals surface area contributed by atoms with Crippen molar-refractivity contribution in [1.29, 1.82) is 0 Å². The van der Waals surface area contributed by atoms with E-state index >= 15 is 0 Å². The van der Waals surface area contributed by atoms with Gasteiger partial charge in [0.15, 0.2) is 0 Å². The first-order chi connectivity index (χ1) is 9.31. The Morgan fingerprint density at radius 1 is 1.00 bits per heavy atom. The van der Waals surface area contributed by atoms with Crippen molar-refractivity contribution in [2.24, 2.45) is 0 Å². The van der Waals surface area contributed by atoms with Crippen LogP contribution in [0.1, 0.15) is 32.1 Å². The van der Waals surface area contributed by atoms with E-state index in [1.807, 2.05) is 12.1 Å². The van der Waals surface area contributed by atoms with Crippen LogP contribution in [0.25, 0.3) is 11.3 Å². The second-order valence-corrected chi connectivity index (χ2v) is 5.23. The molecule has 4 nitrogen and oxygen atoms in total. The molecule has 0 saturated heterocycles.